The van der Waals surface area contributed by atoms with Crippen molar-refractivity contribution in [2.45, 2.75) is 71.8 Å². The minimum atomic E-state index is -1.24. The van der Waals surface area contributed by atoms with Crippen LogP contribution in [0.15, 0.2) is 23.3 Å². The second-order valence-corrected chi connectivity index (χ2v) is 10.3. The largest absolute Gasteiger partial charge is 0.441 e. The van der Waals surface area contributed by atoms with Gasteiger partial charge in [0, 0.05) is 23.7 Å². The molecule has 0 aromatic rings. The molecule has 0 spiro atoms. The number of ketones is 2. The molecule has 5 heteroatoms. The molecule has 0 aromatic heterocycles. The average Bonchev–Trinajstić information content (AvgIpc) is 3.03. The fourth-order valence-electron chi connectivity index (χ4n) is 7.52. The Bertz CT molecular complexity index is 1080. The smallest absolute Gasteiger partial charge is 0.386 e. The van der Waals surface area contributed by atoms with Crippen molar-refractivity contribution in [3.8, 4) is 23.9 Å². The minimum Gasteiger partial charge on any atom is -0.441 e. The fourth-order valence-corrected chi connectivity index (χ4v) is 7.52. The van der Waals surface area contributed by atoms with Crippen molar-refractivity contribution in [2.75, 3.05) is 0 Å². The van der Waals surface area contributed by atoms with Crippen LogP contribution in [0.4, 0.5) is 4.39 Å². The number of hydrogen-bond donors (Lipinski definition) is 0. The first kappa shape index (κ1) is 22.5. The highest BCUT2D eigenvalue weighted by Gasteiger charge is 2.67. The van der Waals surface area contributed by atoms with Crippen molar-refractivity contribution in [1.29, 1.82) is 0 Å². The maximum atomic E-state index is 13.0. The van der Waals surface area contributed by atoms with Crippen LogP contribution in [0.3, 0.4) is 0 Å². The van der Waals surface area contributed by atoms with Gasteiger partial charge in [0.25, 0.3) is 0 Å². The Morgan fingerprint density at radius 2 is 1.84 bits per heavy atom. The molecule has 0 aromatic carbocycles. The van der Waals surface area contributed by atoms with Crippen LogP contribution in [-0.4, -0.2) is 23.1 Å². The molecule has 2 saturated carbocycles. The number of halogens is 1. The first-order valence-corrected chi connectivity index (χ1v) is 11.4. The Morgan fingerprint density at radius 3 is 2.53 bits per heavy atom. The highest BCUT2D eigenvalue weighted by molar-refractivity contribution is 5.95. The molecule has 0 radical (unpaired) electrons. The molecule has 0 bridgehead atoms. The number of esters is 1. The van der Waals surface area contributed by atoms with E-state index in [1.165, 1.54) is 12.5 Å². The maximum Gasteiger partial charge on any atom is 0.386 e. The predicted molar refractivity (Wildman–Crippen MR) is 117 cm³/mol. The van der Waals surface area contributed by atoms with Gasteiger partial charge in [0.15, 0.2) is 17.2 Å². The molecule has 32 heavy (non-hydrogen) atoms. The lowest BCUT2D eigenvalue weighted by atomic mass is 9.47. The Balaban J connectivity index is 1.73. The SMILES string of the molecule is CC(=O)C1(OC(=O)C#CC#CF)CCC2C3C=C(C)C4=CC(=O)CC[C@]4(C)C3CC[C@@]21C. The van der Waals surface area contributed by atoms with E-state index < -0.39 is 17.0 Å². The molecule has 6 atom stereocenters. The summed E-state index contributed by atoms with van der Waals surface area (Å²) < 4.78 is 17.8. The summed E-state index contributed by atoms with van der Waals surface area (Å²) in [7, 11) is 0. The summed E-state index contributed by atoms with van der Waals surface area (Å²) in [4.78, 5) is 37.5. The lowest BCUT2D eigenvalue weighted by molar-refractivity contribution is -0.182. The Morgan fingerprint density at radius 1 is 1.12 bits per heavy atom. The van der Waals surface area contributed by atoms with Crippen LogP contribution in [0, 0.1) is 52.5 Å². The molecule has 4 unspecified atom stereocenters. The van der Waals surface area contributed by atoms with Gasteiger partial charge < -0.3 is 4.74 Å². The zero-order chi connectivity index (χ0) is 23.3. The van der Waals surface area contributed by atoms with E-state index in [4.69, 9.17) is 4.74 Å². The van der Waals surface area contributed by atoms with Crippen LogP contribution in [0.1, 0.15) is 66.2 Å². The van der Waals surface area contributed by atoms with Crippen LogP contribution in [0.25, 0.3) is 0 Å². The summed E-state index contributed by atoms with van der Waals surface area (Å²) in [6.45, 7) is 7.93. The number of carbonyl (C=O) groups is 3. The van der Waals surface area contributed by atoms with Crippen molar-refractivity contribution < 1.29 is 23.5 Å². The summed E-state index contributed by atoms with van der Waals surface area (Å²) in [5.41, 5.74) is 0.526. The zero-order valence-electron chi connectivity index (χ0n) is 19.1. The van der Waals surface area contributed by atoms with Crippen molar-refractivity contribution in [2.24, 2.45) is 28.6 Å². The molecule has 0 aliphatic heterocycles. The lowest BCUT2D eigenvalue weighted by Crippen LogP contribution is -2.58. The number of Topliss-reactive ketones (excluding diaryl/α,β-unsaturated/α-hetero) is 1. The van der Waals surface area contributed by atoms with E-state index in [2.05, 4.69) is 38.7 Å². The number of hydrogen-bond acceptors (Lipinski definition) is 4. The number of carbonyl (C=O) groups excluding carboxylic acids is 3. The van der Waals surface area contributed by atoms with Crippen LogP contribution in [0.2, 0.25) is 0 Å². The van der Waals surface area contributed by atoms with E-state index >= 15 is 0 Å². The van der Waals surface area contributed by atoms with E-state index in [0.29, 0.717) is 18.8 Å². The average molecular weight is 437 g/mol. The van der Waals surface area contributed by atoms with Crippen LogP contribution < -0.4 is 0 Å². The summed E-state index contributed by atoms with van der Waals surface area (Å²) >= 11 is 0. The molecule has 4 rings (SSSR count). The second-order valence-electron chi connectivity index (χ2n) is 10.3. The molecule has 2 fully saturated rings. The van der Waals surface area contributed by atoms with Crippen LogP contribution >= 0.6 is 0 Å². The second kappa shape index (κ2) is 7.73. The van der Waals surface area contributed by atoms with Crippen molar-refractivity contribution in [1.82, 2.24) is 0 Å². The third kappa shape index (κ3) is 3.09. The summed E-state index contributed by atoms with van der Waals surface area (Å²) in [6.07, 6.45) is 9.60. The van der Waals surface area contributed by atoms with Gasteiger partial charge in [-0.3, -0.25) is 9.59 Å². The van der Waals surface area contributed by atoms with E-state index in [1.807, 2.05) is 12.0 Å². The summed E-state index contributed by atoms with van der Waals surface area (Å²) in [6, 6.07) is 0. The Kier molecular flexibility index (Phi) is 5.44. The third-order valence-electron chi connectivity index (χ3n) is 9.06. The van der Waals surface area contributed by atoms with Gasteiger partial charge in [0.2, 0.25) is 0 Å². The van der Waals surface area contributed by atoms with Crippen molar-refractivity contribution in [3.63, 3.8) is 0 Å². The maximum absolute atomic E-state index is 13.0. The third-order valence-corrected chi connectivity index (χ3v) is 9.06. The van der Waals surface area contributed by atoms with Gasteiger partial charge in [-0.05, 0) is 86.7 Å². The van der Waals surface area contributed by atoms with Crippen LogP contribution in [-0.2, 0) is 19.1 Å². The van der Waals surface area contributed by atoms with Gasteiger partial charge in [0.05, 0.1) is 0 Å². The monoisotopic (exact) mass is 436 g/mol. The number of ether oxygens (including phenoxy) is 1. The van der Waals surface area contributed by atoms with Crippen molar-refractivity contribution in [3.05, 3.63) is 23.3 Å². The lowest BCUT2D eigenvalue weighted by Gasteiger charge is -2.58. The molecule has 168 valence electrons. The van der Waals surface area contributed by atoms with Gasteiger partial charge >= 0.3 is 5.97 Å². The number of allylic oxidation sites excluding steroid dienone is 4. The summed E-state index contributed by atoms with van der Waals surface area (Å²) in [5, 5.41) is 0. The van der Waals surface area contributed by atoms with E-state index in [0.717, 1.165) is 37.4 Å². The highest BCUT2D eigenvalue weighted by atomic mass is 19.1. The first-order valence-electron chi connectivity index (χ1n) is 11.4. The highest BCUT2D eigenvalue weighted by Crippen LogP contribution is 2.67. The molecule has 4 nitrogen and oxygen atoms in total. The van der Waals surface area contributed by atoms with Crippen molar-refractivity contribution >= 4 is 17.5 Å². The fraction of sp³-hybridized carbons (Fsp3) is 0.593. The van der Waals surface area contributed by atoms with E-state index in [9.17, 15) is 18.8 Å². The molecule has 0 amide bonds. The number of rotatable bonds is 2. The normalized spacial score (nSPS) is 39.5. The van der Waals surface area contributed by atoms with Gasteiger partial charge in [0.1, 0.15) is 6.17 Å². The topological polar surface area (TPSA) is 60.4 Å². The minimum absolute atomic E-state index is 0.0482. The zero-order valence-corrected chi connectivity index (χ0v) is 19.1. The summed E-state index contributed by atoms with van der Waals surface area (Å²) in [5.74, 6) is 6.22. The van der Waals surface area contributed by atoms with E-state index in [-0.39, 0.29) is 28.8 Å². The predicted octanol–water partition coefficient (Wildman–Crippen LogP) is 4.49. The van der Waals surface area contributed by atoms with Gasteiger partial charge in [-0.25, -0.2) is 4.79 Å². The van der Waals surface area contributed by atoms with Crippen LogP contribution in [0.5, 0.6) is 0 Å². The molecule has 4 aliphatic carbocycles. The molecule has 0 heterocycles. The molecular formula is C27H29FO4. The van der Waals surface area contributed by atoms with E-state index in [1.54, 1.807) is 0 Å². The molecule has 4 aliphatic rings. The van der Waals surface area contributed by atoms with Gasteiger partial charge in [-0.15, -0.1) is 4.39 Å². The molecule has 0 saturated heterocycles. The standard InChI is InChI=1S/C27H29FO4/c1-17-15-20-21(25(3)11-8-19(30)16-23(17)25)9-12-26(4)22(20)10-13-27(26,18(2)29)32-24(31)7-5-6-14-28/h15-16,20-22H,8-13H2,1-4H3/t20?,21?,22?,25-,26+,27?/m1/s1. The molecule has 0 N–H and O–H groups in total. The Labute approximate surface area is 189 Å². The number of fused-ring (bicyclic) bond motifs is 5. The Hall–Kier alpha value is -2.66. The van der Waals surface area contributed by atoms with Gasteiger partial charge in [-0.2, -0.15) is 0 Å². The van der Waals surface area contributed by atoms with Gasteiger partial charge in [-0.1, -0.05) is 25.5 Å². The quantitative estimate of drug-likeness (QED) is 0.364. The first-order chi connectivity index (χ1) is 15.1. The molecular weight excluding hydrogens is 407 g/mol.